The minimum absolute atomic E-state index is 0.196. The maximum atomic E-state index is 11.9. The fourth-order valence-corrected chi connectivity index (χ4v) is 4.24. The summed E-state index contributed by atoms with van der Waals surface area (Å²) in [5.41, 5.74) is 0.835. The van der Waals surface area contributed by atoms with Crippen molar-refractivity contribution in [1.29, 1.82) is 0 Å². The predicted octanol–water partition coefficient (Wildman–Crippen LogP) is 3.46. The number of esters is 1. The Labute approximate surface area is 187 Å². The average molecular weight is 458 g/mol. The van der Waals surface area contributed by atoms with Crippen LogP contribution in [0.2, 0.25) is 0 Å². The lowest BCUT2D eigenvalue weighted by Gasteiger charge is -2.11. The highest BCUT2D eigenvalue weighted by atomic mass is 32.2. The van der Waals surface area contributed by atoms with Gasteiger partial charge < -0.3 is 14.2 Å². The fourth-order valence-electron chi connectivity index (χ4n) is 2.45. The Morgan fingerprint density at radius 2 is 1.90 bits per heavy atom. The Morgan fingerprint density at radius 3 is 2.65 bits per heavy atom. The van der Waals surface area contributed by atoms with E-state index in [1.807, 2.05) is 42.5 Å². The molecule has 2 aromatic rings. The van der Waals surface area contributed by atoms with Crippen molar-refractivity contribution in [2.75, 3.05) is 21.3 Å². The third kappa shape index (κ3) is 5.89. The van der Waals surface area contributed by atoms with E-state index in [2.05, 4.69) is 20.3 Å². The van der Waals surface area contributed by atoms with E-state index in [4.69, 9.17) is 9.47 Å². The first kappa shape index (κ1) is 22.4. The molecule has 0 aromatic heterocycles. The molecule has 3 rings (SSSR count). The van der Waals surface area contributed by atoms with Gasteiger partial charge in [0, 0.05) is 16.5 Å². The summed E-state index contributed by atoms with van der Waals surface area (Å²) in [5.74, 6) is 0.421. The summed E-state index contributed by atoms with van der Waals surface area (Å²) >= 11 is 2.52. The summed E-state index contributed by atoms with van der Waals surface area (Å²) in [6.07, 6.45) is 2.70. The Bertz CT molecular complexity index is 1080. The number of amides is 1. The van der Waals surface area contributed by atoms with Crippen molar-refractivity contribution >= 4 is 46.8 Å². The van der Waals surface area contributed by atoms with Crippen molar-refractivity contribution in [3.8, 4) is 11.5 Å². The molecule has 0 unspecified atom stereocenters. The van der Waals surface area contributed by atoms with Crippen LogP contribution in [0.3, 0.4) is 0 Å². The molecular weight excluding hydrogens is 438 g/mol. The van der Waals surface area contributed by atoms with E-state index in [1.165, 1.54) is 18.9 Å². The van der Waals surface area contributed by atoms with E-state index < -0.39 is 11.9 Å². The molecule has 1 aliphatic rings. The van der Waals surface area contributed by atoms with Gasteiger partial charge in [0.25, 0.3) is 5.91 Å². The van der Waals surface area contributed by atoms with E-state index in [9.17, 15) is 9.59 Å². The van der Waals surface area contributed by atoms with Gasteiger partial charge in [0.2, 0.25) is 0 Å². The van der Waals surface area contributed by atoms with Crippen molar-refractivity contribution < 1.29 is 23.8 Å². The number of amidine groups is 1. The largest absolute Gasteiger partial charge is 0.497 e. The second-order valence-electron chi connectivity index (χ2n) is 5.89. The summed E-state index contributed by atoms with van der Waals surface area (Å²) in [6.45, 7) is 0. The van der Waals surface area contributed by atoms with E-state index in [1.54, 1.807) is 20.4 Å². The van der Waals surface area contributed by atoms with Crippen LogP contribution in [-0.2, 0) is 14.3 Å². The summed E-state index contributed by atoms with van der Waals surface area (Å²) in [4.78, 5) is 25.2. The molecule has 1 N–H and O–H groups in total. The first-order valence-corrected chi connectivity index (χ1v) is 10.6. The standard InChI is InChI=1S/C21H19N3O5S2/c1-27-14-8-9-15(28-2)17(10-14)30-16-7-5-4-6-13(16)12-22-24-21-23-20(26)18(31-21)11-19(25)29-3/h4-12H,1-3H3,(H,23,24,26)/b18-11+,22-12?. The van der Waals surface area contributed by atoms with Crippen LogP contribution in [0.15, 0.2) is 73.4 Å². The molecular formula is C21H19N3O5S2. The molecule has 10 heteroatoms. The van der Waals surface area contributed by atoms with Gasteiger partial charge in [-0.2, -0.15) is 5.10 Å². The van der Waals surface area contributed by atoms with Crippen LogP contribution in [0.1, 0.15) is 5.56 Å². The lowest BCUT2D eigenvalue weighted by Crippen LogP contribution is -2.19. The molecule has 160 valence electrons. The van der Waals surface area contributed by atoms with Gasteiger partial charge in [0.1, 0.15) is 11.5 Å². The van der Waals surface area contributed by atoms with E-state index in [-0.39, 0.29) is 10.1 Å². The number of nitrogens with zero attached hydrogens (tertiary/aromatic N) is 2. The lowest BCUT2D eigenvalue weighted by atomic mass is 10.2. The smallest absolute Gasteiger partial charge is 0.331 e. The van der Waals surface area contributed by atoms with Crippen LogP contribution in [0.5, 0.6) is 11.5 Å². The van der Waals surface area contributed by atoms with Crippen LogP contribution in [0, 0.1) is 0 Å². The van der Waals surface area contributed by atoms with Gasteiger partial charge in [-0.25, -0.2) is 4.79 Å². The highest BCUT2D eigenvalue weighted by Gasteiger charge is 2.25. The Hall–Kier alpha value is -3.24. The van der Waals surface area contributed by atoms with Crippen LogP contribution in [0.25, 0.3) is 0 Å². The third-order valence-electron chi connectivity index (χ3n) is 3.96. The molecule has 0 radical (unpaired) electrons. The minimum atomic E-state index is -0.610. The number of thioether (sulfide) groups is 1. The van der Waals surface area contributed by atoms with Gasteiger partial charge in [0.15, 0.2) is 5.17 Å². The molecule has 2 aromatic carbocycles. The number of carbonyl (C=O) groups is 2. The molecule has 1 saturated heterocycles. The maximum absolute atomic E-state index is 11.9. The van der Waals surface area contributed by atoms with Crippen LogP contribution in [-0.4, -0.2) is 44.6 Å². The van der Waals surface area contributed by atoms with E-state index in [0.717, 1.165) is 44.7 Å². The molecule has 31 heavy (non-hydrogen) atoms. The van der Waals surface area contributed by atoms with Gasteiger partial charge in [-0.15, -0.1) is 5.10 Å². The molecule has 0 atom stereocenters. The number of hydrogen-bond donors (Lipinski definition) is 1. The van der Waals surface area contributed by atoms with Crippen molar-refractivity contribution in [1.82, 2.24) is 5.32 Å². The highest BCUT2D eigenvalue weighted by Crippen LogP contribution is 2.38. The minimum Gasteiger partial charge on any atom is -0.497 e. The van der Waals surface area contributed by atoms with Crippen molar-refractivity contribution in [2.24, 2.45) is 10.2 Å². The number of benzene rings is 2. The van der Waals surface area contributed by atoms with E-state index >= 15 is 0 Å². The zero-order valence-electron chi connectivity index (χ0n) is 16.9. The molecule has 1 amide bonds. The fraction of sp³-hybridized carbons (Fsp3) is 0.143. The van der Waals surface area contributed by atoms with Crippen LogP contribution >= 0.6 is 23.5 Å². The topological polar surface area (TPSA) is 98.6 Å². The molecule has 0 aliphatic carbocycles. The molecule has 1 fully saturated rings. The maximum Gasteiger partial charge on any atom is 0.331 e. The van der Waals surface area contributed by atoms with Gasteiger partial charge in [-0.1, -0.05) is 30.0 Å². The highest BCUT2D eigenvalue weighted by molar-refractivity contribution is 8.18. The Balaban J connectivity index is 1.78. The third-order valence-corrected chi connectivity index (χ3v) is 5.99. The number of methoxy groups -OCH3 is 3. The monoisotopic (exact) mass is 457 g/mol. The van der Waals surface area contributed by atoms with Crippen LogP contribution < -0.4 is 14.8 Å². The van der Waals surface area contributed by atoms with Gasteiger partial charge >= 0.3 is 5.97 Å². The van der Waals surface area contributed by atoms with E-state index in [0.29, 0.717) is 0 Å². The average Bonchev–Trinajstić information content (AvgIpc) is 3.13. The van der Waals surface area contributed by atoms with Gasteiger partial charge in [-0.3, -0.25) is 10.1 Å². The first-order valence-electron chi connectivity index (χ1n) is 8.93. The van der Waals surface area contributed by atoms with Crippen molar-refractivity contribution in [3.63, 3.8) is 0 Å². The summed E-state index contributed by atoms with van der Waals surface area (Å²) in [6, 6.07) is 13.3. The summed E-state index contributed by atoms with van der Waals surface area (Å²) in [5, 5.41) is 10.9. The zero-order chi connectivity index (χ0) is 22.2. The normalized spacial score (nSPS) is 16.0. The van der Waals surface area contributed by atoms with Crippen molar-refractivity contribution in [3.05, 3.63) is 59.0 Å². The predicted molar refractivity (Wildman–Crippen MR) is 121 cm³/mol. The SMILES string of the molecule is COC(=O)/C=C1/S/C(=N\N=Cc2ccccc2Sc2cc(OC)ccc2OC)NC1=O. The molecule has 0 bridgehead atoms. The molecule has 8 nitrogen and oxygen atoms in total. The molecule has 0 saturated carbocycles. The summed E-state index contributed by atoms with van der Waals surface area (Å²) < 4.78 is 15.3. The lowest BCUT2D eigenvalue weighted by molar-refractivity contribution is -0.135. The number of ether oxygens (including phenoxy) is 3. The molecule has 1 heterocycles. The second-order valence-corrected chi connectivity index (χ2v) is 8.01. The molecule has 1 aliphatic heterocycles. The van der Waals surface area contributed by atoms with Crippen molar-refractivity contribution in [2.45, 2.75) is 9.79 Å². The number of rotatable bonds is 7. The second kappa shape index (κ2) is 10.7. The number of carbonyl (C=O) groups excluding carboxylic acids is 2. The van der Waals surface area contributed by atoms with Gasteiger partial charge in [-0.05, 0) is 36.0 Å². The summed E-state index contributed by atoms with van der Waals surface area (Å²) in [7, 11) is 4.47. The zero-order valence-corrected chi connectivity index (χ0v) is 18.6. The first-order chi connectivity index (χ1) is 15.0. The van der Waals surface area contributed by atoms with Gasteiger partial charge in [0.05, 0.1) is 37.3 Å². The number of hydrogen-bond acceptors (Lipinski definition) is 9. The Kier molecular flexibility index (Phi) is 7.74. The molecule has 0 spiro atoms. The number of nitrogens with one attached hydrogen (secondary N) is 1. The Morgan fingerprint density at radius 1 is 1.10 bits per heavy atom. The quantitative estimate of drug-likeness (QED) is 0.294. The van der Waals surface area contributed by atoms with Crippen LogP contribution in [0.4, 0.5) is 0 Å².